The van der Waals surface area contributed by atoms with Crippen molar-refractivity contribution in [1.29, 1.82) is 0 Å². The molecule has 0 fully saturated rings. The number of carbonyl (C=O) groups excluding carboxylic acids is 1. The number of fused-ring (bicyclic) bond motifs is 1. The van der Waals surface area contributed by atoms with Gasteiger partial charge < -0.3 is 14.8 Å². The van der Waals surface area contributed by atoms with E-state index in [1.165, 1.54) is 0 Å². The molecule has 9 nitrogen and oxygen atoms in total. The fraction of sp³-hybridized carbons (Fsp3) is 0.292. The molecule has 34 heavy (non-hydrogen) atoms. The van der Waals surface area contributed by atoms with E-state index in [1.807, 2.05) is 49.9 Å². The molecular formula is C24H25FN8O. The molecule has 0 radical (unpaired) electrons. The van der Waals surface area contributed by atoms with Crippen molar-refractivity contribution in [2.24, 2.45) is 7.05 Å². The van der Waals surface area contributed by atoms with Gasteiger partial charge in [-0.05, 0) is 37.6 Å². The normalized spacial score (nSPS) is 15.5. The van der Waals surface area contributed by atoms with Crippen molar-refractivity contribution in [3.05, 3.63) is 71.6 Å². The van der Waals surface area contributed by atoms with E-state index in [2.05, 4.69) is 20.4 Å². The third-order valence-electron chi connectivity index (χ3n) is 6.01. The van der Waals surface area contributed by atoms with Crippen molar-refractivity contribution in [2.75, 3.05) is 5.32 Å². The molecule has 1 aliphatic heterocycles. The Morgan fingerprint density at radius 3 is 2.79 bits per heavy atom. The van der Waals surface area contributed by atoms with Gasteiger partial charge in [0.1, 0.15) is 18.2 Å². The van der Waals surface area contributed by atoms with E-state index < -0.39 is 6.67 Å². The van der Waals surface area contributed by atoms with Crippen molar-refractivity contribution < 1.29 is 9.18 Å². The van der Waals surface area contributed by atoms with Gasteiger partial charge in [0, 0.05) is 43.7 Å². The van der Waals surface area contributed by atoms with Crippen LogP contribution < -0.4 is 5.32 Å². The van der Waals surface area contributed by atoms with Crippen LogP contribution in [-0.4, -0.2) is 46.1 Å². The number of halogens is 1. The van der Waals surface area contributed by atoms with Crippen molar-refractivity contribution in [3.63, 3.8) is 0 Å². The molecule has 1 atom stereocenters. The van der Waals surface area contributed by atoms with Gasteiger partial charge in [0.15, 0.2) is 0 Å². The predicted octanol–water partition coefficient (Wildman–Crippen LogP) is 3.64. The summed E-state index contributed by atoms with van der Waals surface area (Å²) in [5, 5.41) is 7.32. The second kappa shape index (κ2) is 8.69. The first kappa shape index (κ1) is 21.7. The monoisotopic (exact) mass is 460 g/mol. The highest BCUT2D eigenvalue weighted by Crippen LogP contribution is 2.29. The van der Waals surface area contributed by atoms with Gasteiger partial charge in [0.25, 0.3) is 5.91 Å². The molecule has 4 aromatic rings. The van der Waals surface area contributed by atoms with Gasteiger partial charge in [-0.2, -0.15) is 5.10 Å². The fourth-order valence-electron chi connectivity index (χ4n) is 4.20. The number of aryl methyl sites for hydroxylation is 2. The smallest absolute Gasteiger partial charge is 0.271 e. The third kappa shape index (κ3) is 4.02. The molecule has 1 aliphatic rings. The number of rotatable bonds is 6. The number of nitrogens with one attached hydrogen (secondary N) is 1. The number of alkyl halides is 1. The first-order valence-corrected chi connectivity index (χ1v) is 11.0. The van der Waals surface area contributed by atoms with Crippen LogP contribution in [0.3, 0.4) is 0 Å². The quantitative estimate of drug-likeness (QED) is 0.472. The summed E-state index contributed by atoms with van der Waals surface area (Å²) in [5.41, 5.74) is 4.15. The second-order valence-corrected chi connectivity index (χ2v) is 8.49. The summed E-state index contributed by atoms with van der Waals surface area (Å²) in [7, 11) is 1.83. The number of aromatic nitrogens is 6. The van der Waals surface area contributed by atoms with E-state index in [-0.39, 0.29) is 11.9 Å². The maximum atomic E-state index is 13.4. The zero-order chi connectivity index (χ0) is 23.8. The standard InChI is InChI=1S/C24H25FN8O/c1-15-11-26-24(29-21-7-8-27-31(21)3)30-22(15)17-9-20-23(34)33(16(2)12-32(20)13-17)14-19-6-4-5-18(10-25)28-19/h4-9,11,13,16H,10,12,14H2,1-3H3,(H,26,29,30). The summed E-state index contributed by atoms with van der Waals surface area (Å²) in [4.78, 5) is 28.6. The van der Waals surface area contributed by atoms with Crippen LogP contribution in [0.1, 0.15) is 34.4 Å². The lowest BCUT2D eigenvalue weighted by atomic mass is 10.1. The maximum absolute atomic E-state index is 13.4. The zero-order valence-electron chi connectivity index (χ0n) is 19.2. The molecule has 174 valence electrons. The molecule has 0 aliphatic carbocycles. The van der Waals surface area contributed by atoms with E-state index in [0.717, 1.165) is 22.6 Å². The lowest BCUT2D eigenvalue weighted by molar-refractivity contribution is 0.0592. The SMILES string of the molecule is Cc1cnc(Nc2ccnn2C)nc1-c1cc2n(c1)CC(C)N(Cc1cccc(CF)n1)C2=O. The zero-order valence-corrected chi connectivity index (χ0v) is 19.2. The molecule has 1 N–H and O–H groups in total. The Morgan fingerprint density at radius 2 is 2.03 bits per heavy atom. The van der Waals surface area contributed by atoms with Crippen LogP contribution in [0.5, 0.6) is 0 Å². The van der Waals surface area contributed by atoms with E-state index in [0.29, 0.717) is 36.1 Å². The summed E-state index contributed by atoms with van der Waals surface area (Å²) < 4.78 is 16.7. The Hall–Kier alpha value is -4.08. The van der Waals surface area contributed by atoms with Crippen molar-refractivity contribution in [2.45, 2.75) is 39.7 Å². The number of nitrogens with zero attached hydrogens (tertiary/aromatic N) is 7. The average molecular weight is 461 g/mol. The summed E-state index contributed by atoms with van der Waals surface area (Å²) in [6.07, 6.45) is 5.42. The second-order valence-electron chi connectivity index (χ2n) is 8.49. The number of hydrogen-bond acceptors (Lipinski definition) is 6. The van der Waals surface area contributed by atoms with Gasteiger partial charge in [0.05, 0.1) is 29.8 Å². The Labute approximate surface area is 196 Å². The van der Waals surface area contributed by atoms with Gasteiger partial charge in [0.2, 0.25) is 5.95 Å². The minimum absolute atomic E-state index is 0.0374. The van der Waals surface area contributed by atoms with Crippen LogP contribution in [0.15, 0.2) is 48.9 Å². The maximum Gasteiger partial charge on any atom is 0.271 e. The van der Waals surface area contributed by atoms with Crippen LogP contribution in [0.4, 0.5) is 16.2 Å². The van der Waals surface area contributed by atoms with E-state index in [4.69, 9.17) is 4.98 Å². The number of pyridine rings is 1. The predicted molar refractivity (Wildman–Crippen MR) is 125 cm³/mol. The lowest BCUT2D eigenvalue weighted by Crippen LogP contribution is -2.45. The summed E-state index contributed by atoms with van der Waals surface area (Å²) in [6, 6.07) is 8.90. The molecular weight excluding hydrogens is 435 g/mol. The van der Waals surface area contributed by atoms with E-state index >= 15 is 0 Å². The molecule has 5 rings (SSSR count). The van der Waals surface area contributed by atoms with Crippen molar-refractivity contribution >= 4 is 17.7 Å². The molecule has 1 unspecified atom stereocenters. The largest absolute Gasteiger partial charge is 0.341 e. The van der Waals surface area contributed by atoms with Gasteiger partial charge in [-0.1, -0.05) is 6.07 Å². The van der Waals surface area contributed by atoms with Crippen LogP contribution in [0.25, 0.3) is 11.3 Å². The van der Waals surface area contributed by atoms with Crippen molar-refractivity contribution in [3.8, 4) is 11.3 Å². The minimum Gasteiger partial charge on any atom is -0.341 e. The fourth-order valence-corrected chi connectivity index (χ4v) is 4.20. The highest BCUT2D eigenvalue weighted by molar-refractivity contribution is 5.95. The Kier molecular flexibility index (Phi) is 5.56. The molecule has 0 saturated carbocycles. The Balaban J connectivity index is 1.43. The van der Waals surface area contributed by atoms with E-state index in [9.17, 15) is 9.18 Å². The summed E-state index contributed by atoms with van der Waals surface area (Å²) >= 11 is 0. The Bertz CT molecular complexity index is 1360. The van der Waals surface area contributed by atoms with Gasteiger partial charge >= 0.3 is 0 Å². The van der Waals surface area contributed by atoms with Crippen LogP contribution in [0, 0.1) is 6.92 Å². The highest BCUT2D eigenvalue weighted by Gasteiger charge is 2.31. The molecule has 0 spiro atoms. The average Bonchev–Trinajstić information content (AvgIpc) is 3.44. The molecule has 1 amide bonds. The first-order chi connectivity index (χ1) is 16.4. The third-order valence-corrected chi connectivity index (χ3v) is 6.01. The Morgan fingerprint density at radius 1 is 1.21 bits per heavy atom. The number of anilines is 2. The number of carbonyl (C=O) groups is 1. The highest BCUT2D eigenvalue weighted by atomic mass is 19.1. The molecule has 0 saturated heterocycles. The summed E-state index contributed by atoms with van der Waals surface area (Å²) in [5.74, 6) is 1.14. The van der Waals surface area contributed by atoms with Crippen LogP contribution >= 0.6 is 0 Å². The number of hydrogen-bond donors (Lipinski definition) is 1. The molecule has 4 aromatic heterocycles. The molecule has 0 aromatic carbocycles. The van der Waals surface area contributed by atoms with Crippen molar-refractivity contribution in [1.82, 2.24) is 34.2 Å². The van der Waals surface area contributed by atoms with Crippen LogP contribution in [0.2, 0.25) is 0 Å². The topological polar surface area (TPSA) is 93.8 Å². The van der Waals surface area contributed by atoms with Gasteiger partial charge in [-0.3, -0.25) is 14.5 Å². The number of amides is 1. The van der Waals surface area contributed by atoms with Crippen LogP contribution in [-0.2, 0) is 26.8 Å². The minimum atomic E-state index is -0.626. The van der Waals surface area contributed by atoms with Gasteiger partial charge in [-0.25, -0.2) is 14.4 Å². The first-order valence-electron chi connectivity index (χ1n) is 11.0. The van der Waals surface area contributed by atoms with Gasteiger partial charge in [-0.15, -0.1) is 0 Å². The molecule has 0 bridgehead atoms. The lowest BCUT2D eigenvalue weighted by Gasteiger charge is -2.34. The summed E-state index contributed by atoms with van der Waals surface area (Å²) in [6.45, 7) is 4.30. The molecule has 10 heteroatoms. The molecule has 5 heterocycles. The van der Waals surface area contributed by atoms with E-state index in [1.54, 1.807) is 34.1 Å².